The van der Waals surface area contributed by atoms with E-state index in [9.17, 15) is 13.2 Å². The number of carbonyl (C=O) groups excluding carboxylic acids is 1. The van der Waals surface area contributed by atoms with Crippen LogP contribution in [-0.4, -0.2) is 41.4 Å². The SMILES string of the molecule is CCn1c(CCNC(=O)CS(=O)(=O)Cc2cccc(Br)c2)n[nH]c1=S. The van der Waals surface area contributed by atoms with Crippen molar-refractivity contribution in [3.63, 3.8) is 0 Å². The molecule has 2 rings (SSSR count). The van der Waals surface area contributed by atoms with Crippen LogP contribution in [0.25, 0.3) is 0 Å². The molecular formula is C15H19BrN4O3S2. The Bertz CT molecular complexity index is 905. The molecule has 0 spiro atoms. The van der Waals surface area contributed by atoms with Gasteiger partial charge in [-0.2, -0.15) is 5.10 Å². The second-order valence-electron chi connectivity index (χ2n) is 5.45. The Kier molecular flexibility index (Phi) is 6.91. The molecule has 2 aromatic rings. The predicted octanol–water partition coefficient (Wildman–Crippen LogP) is 2.00. The van der Waals surface area contributed by atoms with Crippen molar-refractivity contribution in [3.8, 4) is 0 Å². The zero-order chi connectivity index (χ0) is 18.4. The Labute approximate surface area is 159 Å². The minimum absolute atomic E-state index is 0.172. The van der Waals surface area contributed by atoms with Gasteiger partial charge >= 0.3 is 0 Å². The largest absolute Gasteiger partial charge is 0.355 e. The molecule has 7 nitrogen and oxygen atoms in total. The van der Waals surface area contributed by atoms with Gasteiger partial charge in [-0.1, -0.05) is 28.1 Å². The minimum atomic E-state index is -3.53. The highest BCUT2D eigenvalue weighted by Crippen LogP contribution is 2.14. The molecular weight excluding hydrogens is 428 g/mol. The third-order valence-electron chi connectivity index (χ3n) is 3.45. The maximum Gasteiger partial charge on any atom is 0.235 e. The van der Waals surface area contributed by atoms with E-state index >= 15 is 0 Å². The molecule has 0 bridgehead atoms. The van der Waals surface area contributed by atoms with Gasteiger partial charge in [0.1, 0.15) is 11.6 Å². The van der Waals surface area contributed by atoms with Gasteiger partial charge in [-0.25, -0.2) is 8.42 Å². The van der Waals surface area contributed by atoms with Crippen molar-refractivity contribution in [1.82, 2.24) is 20.1 Å². The Morgan fingerprint density at radius 1 is 1.44 bits per heavy atom. The number of benzene rings is 1. The van der Waals surface area contributed by atoms with Gasteiger partial charge < -0.3 is 9.88 Å². The van der Waals surface area contributed by atoms with Crippen molar-refractivity contribution >= 4 is 43.9 Å². The Morgan fingerprint density at radius 3 is 2.88 bits per heavy atom. The first-order valence-corrected chi connectivity index (χ1v) is 10.7. The molecule has 2 N–H and O–H groups in total. The topological polar surface area (TPSA) is 96.8 Å². The van der Waals surface area contributed by atoms with Gasteiger partial charge in [0.25, 0.3) is 0 Å². The van der Waals surface area contributed by atoms with Gasteiger partial charge in [-0.15, -0.1) is 0 Å². The number of aromatic nitrogens is 3. The van der Waals surface area contributed by atoms with E-state index in [4.69, 9.17) is 12.2 Å². The molecule has 0 aliphatic carbocycles. The molecule has 1 amide bonds. The molecule has 0 radical (unpaired) electrons. The van der Waals surface area contributed by atoms with Crippen LogP contribution in [0.2, 0.25) is 0 Å². The molecule has 0 aliphatic heterocycles. The number of amides is 1. The zero-order valence-electron chi connectivity index (χ0n) is 13.7. The predicted molar refractivity (Wildman–Crippen MR) is 101 cm³/mol. The van der Waals surface area contributed by atoms with E-state index in [1.54, 1.807) is 18.2 Å². The second kappa shape index (κ2) is 8.72. The standard InChI is InChI=1S/C15H19BrN4O3S2/c1-2-20-13(18-19-15(20)24)6-7-17-14(21)10-25(22,23)9-11-4-3-5-12(16)8-11/h3-5,8H,2,6-7,9-10H2,1H3,(H,17,21)(H,19,24). The molecule has 0 saturated carbocycles. The second-order valence-corrected chi connectivity index (χ2v) is 8.82. The molecule has 0 unspecified atom stereocenters. The van der Waals surface area contributed by atoms with Crippen molar-refractivity contribution in [2.24, 2.45) is 0 Å². The Hall–Kier alpha value is -1.52. The molecule has 0 aliphatic rings. The van der Waals surface area contributed by atoms with Gasteiger partial charge in [0.15, 0.2) is 14.6 Å². The van der Waals surface area contributed by atoms with Crippen molar-refractivity contribution in [2.75, 3.05) is 12.3 Å². The molecule has 0 fully saturated rings. The smallest absolute Gasteiger partial charge is 0.235 e. The summed E-state index contributed by atoms with van der Waals surface area (Å²) in [5.74, 6) is -0.508. The van der Waals surface area contributed by atoms with Crippen molar-refractivity contribution in [2.45, 2.75) is 25.6 Å². The average molecular weight is 447 g/mol. The molecule has 1 heterocycles. The summed E-state index contributed by atoms with van der Waals surface area (Å²) in [6.07, 6.45) is 0.471. The number of sulfone groups is 1. The fourth-order valence-electron chi connectivity index (χ4n) is 2.36. The molecule has 0 saturated heterocycles. The lowest BCUT2D eigenvalue weighted by Crippen LogP contribution is -2.32. The summed E-state index contributed by atoms with van der Waals surface area (Å²) in [6.45, 7) is 2.92. The van der Waals surface area contributed by atoms with E-state index in [-0.39, 0.29) is 5.75 Å². The van der Waals surface area contributed by atoms with Gasteiger partial charge in [-0.05, 0) is 36.8 Å². The van der Waals surface area contributed by atoms with Gasteiger partial charge in [0.2, 0.25) is 5.91 Å². The van der Waals surface area contributed by atoms with Crippen LogP contribution in [0.1, 0.15) is 18.3 Å². The minimum Gasteiger partial charge on any atom is -0.355 e. The van der Waals surface area contributed by atoms with E-state index in [0.29, 0.717) is 29.8 Å². The number of hydrogen-bond donors (Lipinski definition) is 2. The summed E-state index contributed by atoms with van der Waals surface area (Å²) in [5, 5.41) is 9.41. The number of nitrogens with zero attached hydrogens (tertiary/aromatic N) is 2. The summed E-state index contributed by atoms with van der Waals surface area (Å²) < 4.78 is 27.4. The van der Waals surface area contributed by atoms with Crippen LogP contribution < -0.4 is 5.32 Å². The molecule has 10 heteroatoms. The number of nitrogens with one attached hydrogen (secondary N) is 2. The third-order valence-corrected chi connectivity index (χ3v) is 5.73. The lowest BCUT2D eigenvalue weighted by Gasteiger charge is -2.07. The summed E-state index contributed by atoms with van der Waals surface area (Å²) in [7, 11) is -3.53. The van der Waals surface area contributed by atoms with Crippen LogP contribution in [0.3, 0.4) is 0 Å². The number of halogens is 1. The van der Waals surface area contributed by atoms with Crippen LogP contribution in [0.4, 0.5) is 0 Å². The van der Waals surface area contributed by atoms with Crippen LogP contribution >= 0.6 is 28.1 Å². The number of carbonyl (C=O) groups is 1. The van der Waals surface area contributed by atoms with E-state index in [2.05, 4.69) is 31.4 Å². The lowest BCUT2D eigenvalue weighted by molar-refractivity contribution is -0.118. The van der Waals surface area contributed by atoms with Gasteiger partial charge in [0, 0.05) is 24.0 Å². The number of rotatable bonds is 8. The van der Waals surface area contributed by atoms with Gasteiger partial charge in [-0.3, -0.25) is 9.89 Å². The first-order valence-electron chi connectivity index (χ1n) is 7.66. The lowest BCUT2D eigenvalue weighted by atomic mass is 10.2. The molecule has 136 valence electrons. The highest BCUT2D eigenvalue weighted by molar-refractivity contribution is 9.10. The summed E-state index contributed by atoms with van der Waals surface area (Å²) in [6, 6.07) is 7.01. The average Bonchev–Trinajstić information content (AvgIpc) is 2.86. The molecule has 25 heavy (non-hydrogen) atoms. The normalized spacial score (nSPS) is 11.4. The first-order chi connectivity index (χ1) is 11.8. The summed E-state index contributed by atoms with van der Waals surface area (Å²) in [4.78, 5) is 11.9. The maximum absolute atomic E-state index is 12.1. The van der Waals surface area contributed by atoms with Crippen LogP contribution in [0, 0.1) is 4.77 Å². The van der Waals surface area contributed by atoms with Crippen LogP contribution in [0.15, 0.2) is 28.7 Å². The molecule has 1 aromatic heterocycles. The zero-order valence-corrected chi connectivity index (χ0v) is 16.9. The highest BCUT2D eigenvalue weighted by Gasteiger charge is 2.17. The number of H-pyrrole nitrogens is 1. The van der Waals surface area contributed by atoms with Crippen molar-refractivity contribution in [1.29, 1.82) is 0 Å². The van der Waals surface area contributed by atoms with Gasteiger partial charge in [0.05, 0.1) is 5.75 Å². The monoisotopic (exact) mass is 446 g/mol. The Morgan fingerprint density at radius 2 is 2.20 bits per heavy atom. The van der Waals surface area contributed by atoms with E-state index in [0.717, 1.165) is 10.3 Å². The van der Waals surface area contributed by atoms with Crippen LogP contribution in [-0.2, 0) is 33.4 Å². The van der Waals surface area contributed by atoms with E-state index in [1.165, 1.54) is 0 Å². The molecule has 0 atom stereocenters. The Balaban J connectivity index is 1.85. The highest BCUT2D eigenvalue weighted by atomic mass is 79.9. The number of hydrogen-bond acceptors (Lipinski definition) is 5. The van der Waals surface area contributed by atoms with Crippen LogP contribution in [0.5, 0.6) is 0 Å². The quantitative estimate of drug-likeness (QED) is 0.604. The van der Waals surface area contributed by atoms with Crippen molar-refractivity contribution < 1.29 is 13.2 Å². The summed E-state index contributed by atoms with van der Waals surface area (Å²) >= 11 is 8.39. The maximum atomic E-state index is 12.1. The molecule has 1 aromatic carbocycles. The van der Waals surface area contributed by atoms with E-state index in [1.807, 2.05) is 17.6 Å². The summed E-state index contributed by atoms with van der Waals surface area (Å²) in [5.41, 5.74) is 0.640. The number of aromatic amines is 1. The van der Waals surface area contributed by atoms with Crippen molar-refractivity contribution in [3.05, 3.63) is 44.9 Å². The fraction of sp³-hybridized carbons (Fsp3) is 0.400. The third kappa shape index (κ3) is 6.05. The first kappa shape index (κ1) is 19.8. The fourth-order valence-corrected chi connectivity index (χ4v) is 4.38. The van der Waals surface area contributed by atoms with E-state index < -0.39 is 21.5 Å².